The first kappa shape index (κ1) is 21.5. The molecule has 3 aromatic rings. The average Bonchev–Trinajstić information content (AvgIpc) is 3.52. The number of aromatic nitrogens is 2. The predicted octanol–water partition coefficient (Wildman–Crippen LogP) is 4.47. The van der Waals surface area contributed by atoms with Crippen molar-refractivity contribution in [1.82, 2.24) is 14.9 Å². The highest BCUT2D eigenvalue weighted by Crippen LogP contribution is 2.35. The van der Waals surface area contributed by atoms with E-state index < -0.39 is 0 Å². The number of benzene rings is 1. The van der Waals surface area contributed by atoms with Gasteiger partial charge in [0.2, 0.25) is 5.91 Å². The van der Waals surface area contributed by atoms with Crippen molar-refractivity contribution < 1.29 is 9.53 Å². The molecule has 1 amide bonds. The Morgan fingerprint density at radius 3 is 2.94 bits per heavy atom. The second-order valence-electron chi connectivity index (χ2n) is 8.37. The smallest absolute Gasteiger partial charge is 0.259 e. The summed E-state index contributed by atoms with van der Waals surface area (Å²) in [6.07, 6.45) is 5.72. The predicted molar refractivity (Wildman–Crippen MR) is 130 cm³/mol. The molecule has 1 aliphatic carbocycles. The molecule has 5 rings (SSSR count). The van der Waals surface area contributed by atoms with Crippen LogP contribution in [0.2, 0.25) is 0 Å². The van der Waals surface area contributed by atoms with Crippen LogP contribution in [0.5, 0.6) is 5.75 Å². The molecule has 168 valence electrons. The first-order valence-electron chi connectivity index (χ1n) is 11.2. The Morgan fingerprint density at radius 1 is 1.28 bits per heavy atom. The van der Waals surface area contributed by atoms with Crippen molar-refractivity contribution in [2.75, 3.05) is 19.4 Å². The third-order valence-electron chi connectivity index (χ3n) is 6.40. The van der Waals surface area contributed by atoms with Gasteiger partial charge in [-0.25, -0.2) is 4.98 Å². The summed E-state index contributed by atoms with van der Waals surface area (Å²) in [5.41, 5.74) is 2.36. The molecule has 32 heavy (non-hydrogen) atoms. The van der Waals surface area contributed by atoms with Gasteiger partial charge in [0, 0.05) is 23.6 Å². The first-order valence-corrected chi connectivity index (χ1v) is 13.2. The monoisotopic (exact) mass is 469 g/mol. The van der Waals surface area contributed by atoms with Crippen LogP contribution in [0.3, 0.4) is 0 Å². The fourth-order valence-electron chi connectivity index (χ4n) is 4.82. The second-order valence-corrected chi connectivity index (χ2v) is 10.6. The normalized spacial score (nSPS) is 17.8. The number of thiophene rings is 1. The Morgan fingerprint density at radius 2 is 2.12 bits per heavy atom. The topological polar surface area (TPSA) is 75.3 Å². The SMILES string of the molecule is COc1ccc(C2CCCN2C(=O)CCSCc2nc3sc4c(c3c(=O)[nH]2)CCC4)cc1. The molecule has 1 unspecified atom stereocenters. The first-order chi connectivity index (χ1) is 15.6. The van der Waals surface area contributed by atoms with Crippen molar-refractivity contribution >= 4 is 39.2 Å². The minimum Gasteiger partial charge on any atom is -0.497 e. The van der Waals surface area contributed by atoms with E-state index in [4.69, 9.17) is 9.72 Å². The molecule has 1 N–H and O–H groups in total. The molecule has 3 heterocycles. The van der Waals surface area contributed by atoms with Crippen molar-refractivity contribution in [3.63, 3.8) is 0 Å². The summed E-state index contributed by atoms with van der Waals surface area (Å²) in [7, 11) is 1.66. The summed E-state index contributed by atoms with van der Waals surface area (Å²) in [5.74, 6) is 3.06. The quantitative estimate of drug-likeness (QED) is 0.517. The molecule has 6 nitrogen and oxygen atoms in total. The van der Waals surface area contributed by atoms with Crippen LogP contribution in [0.15, 0.2) is 29.1 Å². The summed E-state index contributed by atoms with van der Waals surface area (Å²) in [6.45, 7) is 0.814. The highest BCUT2D eigenvalue weighted by Gasteiger charge is 2.29. The lowest BCUT2D eigenvalue weighted by atomic mass is 10.0. The molecule has 0 saturated carbocycles. The van der Waals surface area contributed by atoms with Crippen molar-refractivity contribution in [3.8, 4) is 5.75 Å². The van der Waals surface area contributed by atoms with Crippen molar-refractivity contribution in [3.05, 3.63) is 56.4 Å². The Balaban J connectivity index is 1.16. The van der Waals surface area contributed by atoms with Gasteiger partial charge in [-0.2, -0.15) is 11.8 Å². The summed E-state index contributed by atoms with van der Waals surface area (Å²) < 4.78 is 5.24. The highest BCUT2D eigenvalue weighted by atomic mass is 32.2. The number of carbonyl (C=O) groups excluding carboxylic acids is 1. The molecule has 2 aromatic heterocycles. The number of ether oxygens (including phenoxy) is 1. The van der Waals surface area contributed by atoms with Crippen LogP contribution >= 0.6 is 23.1 Å². The number of rotatable bonds is 7. The summed E-state index contributed by atoms with van der Waals surface area (Å²) in [4.78, 5) is 37.3. The number of H-pyrrole nitrogens is 1. The lowest BCUT2D eigenvalue weighted by Crippen LogP contribution is -2.30. The van der Waals surface area contributed by atoms with E-state index in [9.17, 15) is 9.59 Å². The molecular weight excluding hydrogens is 442 g/mol. The van der Waals surface area contributed by atoms with Crippen LogP contribution < -0.4 is 10.3 Å². The second kappa shape index (κ2) is 9.27. The van der Waals surface area contributed by atoms with E-state index in [2.05, 4.69) is 17.1 Å². The molecular formula is C24H27N3O3S2. The molecule has 1 aromatic carbocycles. The lowest BCUT2D eigenvalue weighted by molar-refractivity contribution is -0.131. The zero-order valence-electron chi connectivity index (χ0n) is 18.2. The molecule has 2 aliphatic rings. The molecule has 1 fully saturated rings. The molecule has 0 radical (unpaired) electrons. The molecule has 1 aliphatic heterocycles. The van der Waals surface area contributed by atoms with Gasteiger partial charge in [0.05, 0.1) is 24.3 Å². The average molecular weight is 470 g/mol. The van der Waals surface area contributed by atoms with Crippen LogP contribution in [0.25, 0.3) is 10.2 Å². The standard InChI is InChI=1S/C24H27N3O3S2/c1-30-16-9-7-15(8-10-16)18-5-3-12-27(18)21(28)11-13-31-14-20-25-23(29)22-17-4-2-6-19(17)32-24(22)26-20/h7-10,18H,2-6,11-14H2,1H3,(H,25,26,29). The Bertz CT molecular complexity index is 1190. The van der Waals surface area contributed by atoms with Crippen LogP contribution in [-0.4, -0.2) is 40.2 Å². The number of nitrogens with one attached hydrogen (secondary N) is 1. The van der Waals surface area contributed by atoms with Gasteiger partial charge < -0.3 is 14.6 Å². The van der Waals surface area contributed by atoms with Crippen molar-refractivity contribution in [1.29, 1.82) is 0 Å². The number of nitrogens with zero attached hydrogens (tertiary/aromatic N) is 2. The number of likely N-dealkylation sites (tertiary alicyclic amines) is 1. The van der Waals surface area contributed by atoms with Gasteiger partial charge in [-0.3, -0.25) is 9.59 Å². The third kappa shape index (κ3) is 4.18. The number of fused-ring (bicyclic) bond motifs is 3. The summed E-state index contributed by atoms with van der Waals surface area (Å²) in [6, 6.07) is 8.18. The van der Waals surface area contributed by atoms with E-state index in [1.807, 2.05) is 17.0 Å². The maximum atomic E-state index is 12.9. The van der Waals surface area contributed by atoms with Crippen molar-refractivity contribution in [2.45, 2.75) is 50.3 Å². The fraction of sp³-hybridized carbons (Fsp3) is 0.458. The van der Waals surface area contributed by atoms with E-state index in [0.29, 0.717) is 23.8 Å². The van der Waals surface area contributed by atoms with Crippen molar-refractivity contribution in [2.24, 2.45) is 0 Å². The van der Waals surface area contributed by atoms with Gasteiger partial charge in [-0.15, -0.1) is 11.3 Å². The van der Waals surface area contributed by atoms with E-state index in [0.717, 1.165) is 54.6 Å². The van der Waals surface area contributed by atoms with Gasteiger partial charge in [0.25, 0.3) is 5.56 Å². The zero-order chi connectivity index (χ0) is 22.1. The minimum atomic E-state index is -0.0134. The molecule has 0 bridgehead atoms. The molecule has 0 spiro atoms. The third-order valence-corrected chi connectivity index (χ3v) is 8.55. The van der Waals surface area contributed by atoms with Crippen LogP contribution in [0, 0.1) is 0 Å². The molecule has 8 heteroatoms. The number of thioether (sulfide) groups is 1. The fourth-order valence-corrected chi connectivity index (χ4v) is 6.90. The van der Waals surface area contributed by atoms with Gasteiger partial charge in [-0.1, -0.05) is 12.1 Å². The number of aryl methyl sites for hydroxylation is 2. The molecule has 1 atom stereocenters. The lowest BCUT2D eigenvalue weighted by Gasteiger charge is -2.25. The number of hydrogen-bond acceptors (Lipinski definition) is 6. The number of methoxy groups -OCH3 is 1. The van der Waals surface area contributed by atoms with E-state index >= 15 is 0 Å². The molecule has 1 saturated heterocycles. The minimum absolute atomic E-state index is 0.0134. The van der Waals surface area contributed by atoms with E-state index in [1.54, 1.807) is 30.2 Å². The Hall–Kier alpha value is -2.32. The summed E-state index contributed by atoms with van der Waals surface area (Å²) >= 11 is 3.32. The van der Waals surface area contributed by atoms with Gasteiger partial charge >= 0.3 is 0 Å². The zero-order valence-corrected chi connectivity index (χ0v) is 19.8. The van der Waals surface area contributed by atoms with E-state index in [1.165, 1.54) is 16.0 Å². The number of hydrogen-bond donors (Lipinski definition) is 1. The van der Waals surface area contributed by atoms with Gasteiger partial charge in [0.15, 0.2) is 0 Å². The Kier molecular flexibility index (Phi) is 6.24. The van der Waals surface area contributed by atoms with Crippen LogP contribution in [0.1, 0.15) is 53.6 Å². The summed E-state index contributed by atoms with van der Waals surface area (Å²) in [5, 5.41) is 0.796. The van der Waals surface area contributed by atoms with E-state index in [-0.39, 0.29) is 17.5 Å². The van der Waals surface area contributed by atoms with Crippen LogP contribution in [-0.2, 0) is 23.4 Å². The largest absolute Gasteiger partial charge is 0.497 e. The number of amides is 1. The van der Waals surface area contributed by atoms with Gasteiger partial charge in [0.1, 0.15) is 16.4 Å². The Labute approximate surface area is 195 Å². The number of carbonyl (C=O) groups is 1. The maximum absolute atomic E-state index is 12.9. The van der Waals surface area contributed by atoms with Crippen LogP contribution in [0.4, 0.5) is 0 Å². The maximum Gasteiger partial charge on any atom is 0.259 e. The van der Waals surface area contributed by atoms with Gasteiger partial charge in [-0.05, 0) is 55.4 Å². The number of aromatic amines is 1. The highest BCUT2D eigenvalue weighted by molar-refractivity contribution is 7.98.